The summed E-state index contributed by atoms with van der Waals surface area (Å²) >= 11 is 1.68. The average Bonchev–Trinajstić information content (AvgIpc) is 2.73. The first-order valence-electron chi connectivity index (χ1n) is 10.6. The number of nitrogens with one attached hydrogen (secondary N) is 4. The fraction of sp³-hybridized carbons (Fsp3) is 0.208. The number of hydrogen-bond acceptors (Lipinski definition) is 8. The second-order valence-electron chi connectivity index (χ2n) is 8.45. The molecule has 0 aliphatic rings. The molecule has 0 unspecified atom stereocenters. The Labute approximate surface area is 216 Å². The van der Waals surface area contributed by atoms with Gasteiger partial charge in [-0.1, -0.05) is 6.07 Å². The van der Waals surface area contributed by atoms with E-state index >= 15 is 0 Å². The summed E-state index contributed by atoms with van der Waals surface area (Å²) < 4.78 is 5.02. The van der Waals surface area contributed by atoms with Gasteiger partial charge in [0.25, 0.3) is 0 Å². The molecule has 182 valence electrons. The first-order valence-corrected chi connectivity index (χ1v) is 11.6. The van der Waals surface area contributed by atoms with Crippen LogP contribution in [0, 0.1) is 0 Å². The maximum Gasteiger partial charge on any atom is 0.412 e. The smallest absolute Gasteiger partial charge is 0.412 e. The minimum atomic E-state index is -0.599. The SMILES string of the molecule is CC(=O)Nc1cccc(Nc2ncc(C(=O)I)c(Nc3ccc(NC(=O)OC(C)(C)C)cc3)n2)c1. The average molecular weight is 588 g/mol. The molecule has 3 rings (SSSR count). The zero-order chi connectivity index (χ0) is 25.6. The fourth-order valence-corrected chi connectivity index (χ4v) is 3.28. The fourth-order valence-electron chi connectivity index (χ4n) is 2.88. The molecule has 2 aromatic carbocycles. The van der Waals surface area contributed by atoms with E-state index in [0.717, 1.165) is 0 Å². The summed E-state index contributed by atoms with van der Waals surface area (Å²) in [6.45, 7) is 6.80. The zero-order valence-corrected chi connectivity index (χ0v) is 21.8. The first-order chi connectivity index (χ1) is 16.5. The van der Waals surface area contributed by atoms with Crippen LogP contribution in [0.5, 0.6) is 0 Å². The predicted octanol–water partition coefficient (Wildman–Crippen LogP) is 5.84. The van der Waals surface area contributed by atoms with Gasteiger partial charge in [0.2, 0.25) is 15.6 Å². The van der Waals surface area contributed by atoms with Gasteiger partial charge >= 0.3 is 6.09 Å². The van der Waals surface area contributed by atoms with Gasteiger partial charge in [0.1, 0.15) is 11.4 Å². The van der Waals surface area contributed by atoms with Crippen molar-refractivity contribution in [2.45, 2.75) is 33.3 Å². The molecule has 0 atom stereocenters. The maximum atomic E-state index is 12.1. The second-order valence-corrected chi connectivity index (χ2v) is 9.43. The summed E-state index contributed by atoms with van der Waals surface area (Å²) in [7, 11) is 0. The molecule has 2 amide bonds. The molecule has 0 aliphatic carbocycles. The highest BCUT2D eigenvalue weighted by Crippen LogP contribution is 2.25. The number of hydrogen-bond donors (Lipinski definition) is 4. The number of halogens is 1. The number of carbonyl (C=O) groups is 3. The Hall–Kier alpha value is -3.74. The van der Waals surface area contributed by atoms with Crippen molar-refractivity contribution in [3.05, 3.63) is 60.3 Å². The van der Waals surface area contributed by atoms with Crippen LogP contribution in [0.1, 0.15) is 38.1 Å². The lowest BCUT2D eigenvalue weighted by Crippen LogP contribution is -2.27. The molecule has 0 saturated carbocycles. The second kappa shape index (κ2) is 11.1. The third-order valence-electron chi connectivity index (χ3n) is 4.23. The van der Waals surface area contributed by atoms with Gasteiger partial charge in [-0.25, -0.2) is 9.78 Å². The molecule has 35 heavy (non-hydrogen) atoms. The van der Waals surface area contributed by atoms with Crippen molar-refractivity contribution in [1.82, 2.24) is 9.97 Å². The van der Waals surface area contributed by atoms with E-state index in [9.17, 15) is 14.4 Å². The molecule has 1 heterocycles. The standard InChI is InChI=1S/C24H25IN6O4/c1-14(32)27-17-6-5-7-18(12-17)29-22-26-13-19(20(25)33)21(31-22)28-15-8-10-16(11-9-15)30-23(34)35-24(2,3)4/h5-13H,1-4H3,(H,27,32)(H,30,34)(H2,26,28,29,31). The molecule has 0 fully saturated rings. The molecule has 0 radical (unpaired) electrons. The minimum Gasteiger partial charge on any atom is -0.444 e. The van der Waals surface area contributed by atoms with Crippen molar-refractivity contribution < 1.29 is 19.1 Å². The van der Waals surface area contributed by atoms with E-state index in [1.54, 1.807) is 91.9 Å². The minimum absolute atomic E-state index is 0.179. The van der Waals surface area contributed by atoms with E-state index in [4.69, 9.17) is 4.74 Å². The van der Waals surface area contributed by atoms with Gasteiger partial charge in [0.05, 0.1) is 5.56 Å². The van der Waals surface area contributed by atoms with Gasteiger partial charge in [-0.2, -0.15) is 4.98 Å². The Morgan fingerprint density at radius 1 is 0.886 bits per heavy atom. The highest BCUT2D eigenvalue weighted by Gasteiger charge is 2.17. The molecule has 0 saturated heterocycles. The maximum absolute atomic E-state index is 12.1. The van der Waals surface area contributed by atoms with Gasteiger partial charge in [0, 0.05) is 58.5 Å². The Kier molecular flexibility index (Phi) is 8.22. The normalized spacial score (nSPS) is 10.8. The van der Waals surface area contributed by atoms with Crippen LogP contribution in [-0.4, -0.2) is 31.4 Å². The Balaban J connectivity index is 1.76. The van der Waals surface area contributed by atoms with Crippen LogP contribution < -0.4 is 21.3 Å². The largest absolute Gasteiger partial charge is 0.444 e. The van der Waals surface area contributed by atoms with Gasteiger partial charge in [0.15, 0.2) is 0 Å². The molecular weight excluding hydrogens is 563 g/mol. The summed E-state index contributed by atoms with van der Waals surface area (Å²) in [6.07, 6.45) is 0.882. The Morgan fingerprint density at radius 2 is 1.54 bits per heavy atom. The summed E-state index contributed by atoms with van der Waals surface area (Å²) in [5.41, 5.74) is 2.19. The van der Waals surface area contributed by atoms with Crippen LogP contribution in [0.2, 0.25) is 0 Å². The van der Waals surface area contributed by atoms with Crippen molar-refractivity contribution in [2.75, 3.05) is 21.3 Å². The molecule has 11 heteroatoms. The van der Waals surface area contributed by atoms with Crippen molar-refractivity contribution in [1.29, 1.82) is 0 Å². The zero-order valence-electron chi connectivity index (χ0n) is 19.6. The third-order valence-corrected chi connectivity index (χ3v) is 4.81. The Bertz CT molecular complexity index is 1240. The van der Waals surface area contributed by atoms with Crippen LogP contribution in [0.4, 0.5) is 39.3 Å². The number of ether oxygens (including phenoxy) is 1. The number of amides is 2. The van der Waals surface area contributed by atoms with Crippen molar-refractivity contribution in [2.24, 2.45) is 0 Å². The van der Waals surface area contributed by atoms with Crippen LogP contribution in [0.15, 0.2) is 54.7 Å². The molecular formula is C24H25IN6O4. The summed E-state index contributed by atoms with van der Waals surface area (Å²) in [4.78, 5) is 44.0. The Morgan fingerprint density at radius 3 is 2.17 bits per heavy atom. The molecule has 0 bridgehead atoms. The monoisotopic (exact) mass is 588 g/mol. The van der Waals surface area contributed by atoms with E-state index in [2.05, 4.69) is 31.2 Å². The first kappa shape index (κ1) is 25.9. The quantitative estimate of drug-likeness (QED) is 0.200. The van der Waals surface area contributed by atoms with Crippen LogP contribution in [0.3, 0.4) is 0 Å². The lowest BCUT2D eigenvalue weighted by molar-refractivity contribution is -0.114. The van der Waals surface area contributed by atoms with E-state index in [0.29, 0.717) is 34.1 Å². The molecule has 4 N–H and O–H groups in total. The van der Waals surface area contributed by atoms with Crippen molar-refractivity contribution in [3.63, 3.8) is 0 Å². The van der Waals surface area contributed by atoms with Crippen LogP contribution >= 0.6 is 22.6 Å². The molecule has 10 nitrogen and oxygen atoms in total. The third kappa shape index (κ3) is 8.21. The van der Waals surface area contributed by atoms with E-state index in [1.165, 1.54) is 13.1 Å². The number of anilines is 6. The highest BCUT2D eigenvalue weighted by atomic mass is 127. The molecule has 1 aromatic heterocycles. The number of carbonyl (C=O) groups excluding carboxylic acids is 3. The highest BCUT2D eigenvalue weighted by molar-refractivity contribution is 14.1. The van der Waals surface area contributed by atoms with Gasteiger partial charge in [-0.3, -0.25) is 14.9 Å². The van der Waals surface area contributed by atoms with E-state index in [-0.39, 0.29) is 15.6 Å². The lowest BCUT2D eigenvalue weighted by Gasteiger charge is -2.19. The van der Waals surface area contributed by atoms with Crippen molar-refractivity contribution in [3.8, 4) is 0 Å². The molecule has 0 aliphatic heterocycles. The van der Waals surface area contributed by atoms with Gasteiger partial charge in [-0.15, -0.1) is 0 Å². The number of rotatable bonds is 7. The van der Waals surface area contributed by atoms with Crippen molar-refractivity contribution >= 4 is 72.9 Å². The number of benzene rings is 2. The predicted molar refractivity (Wildman–Crippen MR) is 144 cm³/mol. The molecule has 0 spiro atoms. The summed E-state index contributed by atoms with van der Waals surface area (Å²) in [5.74, 6) is 0.395. The lowest BCUT2D eigenvalue weighted by atomic mass is 10.2. The van der Waals surface area contributed by atoms with Crippen LogP contribution in [0.25, 0.3) is 0 Å². The van der Waals surface area contributed by atoms with Crippen LogP contribution in [-0.2, 0) is 9.53 Å². The number of aromatic nitrogens is 2. The van der Waals surface area contributed by atoms with E-state index < -0.39 is 11.7 Å². The summed E-state index contributed by atoms with van der Waals surface area (Å²) in [5, 5.41) is 11.6. The van der Waals surface area contributed by atoms with E-state index in [1.807, 2.05) is 0 Å². The molecule has 3 aromatic rings. The topological polar surface area (TPSA) is 134 Å². The van der Waals surface area contributed by atoms with Gasteiger partial charge < -0.3 is 20.7 Å². The summed E-state index contributed by atoms with van der Waals surface area (Å²) in [6, 6.07) is 14.0. The van der Waals surface area contributed by atoms with Gasteiger partial charge in [-0.05, 0) is 63.2 Å². The number of nitrogens with zero attached hydrogens (tertiary/aromatic N) is 2.